The van der Waals surface area contributed by atoms with E-state index in [0.717, 1.165) is 35.6 Å². The molecule has 17 heavy (non-hydrogen) atoms. The zero-order chi connectivity index (χ0) is 12.4. The molecule has 2 rings (SSSR count). The second kappa shape index (κ2) is 5.28. The summed E-state index contributed by atoms with van der Waals surface area (Å²) in [5, 5.41) is 0.806. The lowest BCUT2D eigenvalue weighted by Gasteiger charge is -2.22. The Morgan fingerprint density at radius 3 is 2.76 bits per heavy atom. The summed E-state index contributed by atoms with van der Waals surface area (Å²) in [7, 11) is 1.68. The minimum atomic E-state index is 0.126. The largest absolute Gasteiger partial charge is 0.495 e. The Bertz CT molecular complexity index is 415. The molecule has 1 aromatic rings. The molecule has 0 fully saturated rings. The van der Waals surface area contributed by atoms with Gasteiger partial charge in [0, 0.05) is 6.04 Å². The van der Waals surface area contributed by atoms with E-state index in [1.807, 2.05) is 6.92 Å². The van der Waals surface area contributed by atoms with Crippen LogP contribution >= 0.6 is 11.6 Å². The number of ether oxygens (including phenoxy) is 1. The third-order valence-electron chi connectivity index (χ3n) is 3.36. The van der Waals surface area contributed by atoms with Gasteiger partial charge in [0.25, 0.3) is 0 Å². The van der Waals surface area contributed by atoms with Crippen molar-refractivity contribution in [2.24, 2.45) is 5.73 Å². The van der Waals surface area contributed by atoms with E-state index in [9.17, 15) is 0 Å². The minimum Gasteiger partial charge on any atom is -0.495 e. The Kier molecular flexibility index (Phi) is 3.95. The highest BCUT2D eigenvalue weighted by Gasteiger charge is 2.20. The Morgan fingerprint density at radius 1 is 1.41 bits per heavy atom. The van der Waals surface area contributed by atoms with E-state index in [1.165, 1.54) is 24.0 Å². The molecule has 0 radical (unpaired) electrons. The van der Waals surface area contributed by atoms with Crippen molar-refractivity contribution in [2.45, 2.75) is 45.1 Å². The lowest BCUT2D eigenvalue weighted by Crippen LogP contribution is -2.19. The highest BCUT2D eigenvalue weighted by atomic mass is 35.5. The zero-order valence-electron chi connectivity index (χ0n) is 10.6. The van der Waals surface area contributed by atoms with Crippen LogP contribution in [-0.2, 0) is 19.3 Å². The van der Waals surface area contributed by atoms with Gasteiger partial charge in [0.15, 0.2) is 0 Å². The number of hydrogen-bond acceptors (Lipinski definition) is 2. The summed E-state index contributed by atoms with van der Waals surface area (Å²) >= 11 is 6.45. The van der Waals surface area contributed by atoms with E-state index in [2.05, 4.69) is 6.07 Å². The Labute approximate surface area is 108 Å². The van der Waals surface area contributed by atoms with Gasteiger partial charge in [-0.2, -0.15) is 0 Å². The quantitative estimate of drug-likeness (QED) is 0.898. The number of halogens is 1. The average Bonchev–Trinajstić information content (AvgIpc) is 2.29. The first-order valence-corrected chi connectivity index (χ1v) is 6.64. The lowest BCUT2D eigenvalue weighted by molar-refractivity contribution is 0.407. The molecule has 3 heteroatoms. The van der Waals surface area contributed by atoms with Crippen LogP contribution in [0.3, 0.4) is 0 Å². The van der Waals surface area contributed by atoms with E-state index >= 15 is 0 Å². The highest BCUT2D eigenvalue weighted by molar-refractivity contribution is 6.33. The van der Waals surface area contributed by atoms with E-state index in [1.54, 1.807) is 7.11 Å². The molecule has 1 atom stereocenters. The summed E-state index contributed by atoms with van der Waals surface area (Å²) in [5.41, 5.74) is 9.69. The number of nitrogens with two attached hydrogens (primary N) is 1. The fourth-order valence-corrected chi connectivity index (χ4v) is 3.03. The Balaban J connectivity index is 2.48. The Hall–Kier alpha value is -0.730. The lowest BCUT2D eigenvalue weighted by atomic mass is 9.88. The van der Waals surface area contributed by atoms with Crippen LogP contribution in [0.25, 0.3) is 0 Å². The molecule has 0 amide bonds. The summed E-state index contributed by atoms with van der Waals surface area (Å²) in [6, 6.07) is 2.37. The molecule has 1 aliphatic carbocycles. The first-order chi connectivity index (χ1) is 8.13. The van der Waals surface area contributed by atoms with Crippen LogP contribution in [0.2, 0.25) is 5.02 Å². The highest BCUT2D eigenvalue weighted by Crippen LogP contribution is 2.38. The zero-order valence-corrected chi connectivity index (χ0v) is 11.3. The van der Waals surface area contributed by atoms with Crippen molar-refractivity contribution in [3.8, 4) is 5.75 Å². The van der Waals surface area contributed by atoms with Gasteiger partial charge in [-0.1, -0.05) is 17.7 Å². The van der Waals surface area contributed by atoms with Crippen molar-refractivity contribution in [1.29, 1.82) is 0 Å². The topological polar surface area (TPSA) is 35.2 Å². The molecule has 0 saturated carbocycles. The van der Waals surface area contributed by atoms with Gasteiger partial charge in [-0.05, 0) is 55.7 Å². The van der Waals surface area contributed by atoms with Gasteiger partial charge < -0.3 is 10.5 Å². The van der Waals surface area contributed by atoms with E-state index in [0.29, 0.717) is 0 Å². The minimum absolute atomic E-state index is 0.126. The maximum absolute atomic E-state index is 6.45. The number of hydrogen-bond donors (Lipinski definition) is 1. The standard InChI is InChI=1S/C14H20ClNO/c1-9(16)7-11-8-10-5-3-4-6-12(10)13(15)14(11)17-2/h8-9H,3-7,16H2,1-2H3. The second-order valence-corrected chi connectivity index (χ2v) is 5.29. The monoisotopic (exact) mass is 253 g/mol. The molecule has 0 saturated heterocycles. The van der Waals surface area contributed by atoms with Crippen LogP contribution in [0.5, 0.6) is 5.75 Å². The first-order valence-electron chi connectivity index (χ1n) is 6.26. The Morgan fingerprint density at radius 2 is 2.12 bits per heavy atom. The van der Waals surface area contributed by atoms with Crippen molar-refractivity contribution in [3.63, 3.8) is 0 Å². The predicted molar refractivity (Wildman–Crippen MR) is 72.0 cm³/mol. The van der Waals surface area contributed by atoms with Crippen molar-refractivity contribution >= 4 is 11.6 Å². The molecule has 0 aromatic heterocycles. The molecule has 2 nitrogen and oxygen atoms in total. The molecule has 1 unspecified atom stereocenters. The van der Waals surface area contributed by atoms with Crippen molar-refractivity contribution in [3.05, 3.63) is 27.8 Å². The molecule has 1 aromatic carbocycles. The second-order valence-electron chi connectivity index (χ2n) is 4.91. The van der Waals surface area contributed by atoms with Crippen LogP contribution < -0.4 is 10.5 Å². The summed E-state index contributed by atoms with van der Waals surface area (Å²) in [6.45, 7) is 2.01. The molecule has 1 aliphatic rings. The molecule has 0 aliphatic heterocycles. The van der Waals surface area contributed by atoms with E-state index in [4.69, 9.17) is 22.1 Å². The van der Waals surface area contributed by atoms with Crippen LogP contribution in [0.15, 0.2) is 6.07 Å². The van der Waals surface area contributed by atoms with Crippen LogP contribution in [0.1, 0.15) is 36.5 Å². The van der Waals surface area contributed by atoms with Crippen LogP contribution in [0, 0.1) is 0 Å². The van der Waals surface area contributed by atoms with Crippen molar-refractivity contribution < 1.29 is 4.74 Å². The molecular formula is C14H20ClNO. The SMILES string of the molecule is COc1c(CC(C)N)cc2c(c1Cl)CCCC2. The number of aryl methyl sites for hydroxylation is 1. The number of fused-ring (bicyclic) bond motifs is 1. The van der Waals surface area contributed by atoms with Gasteiger partial charge in [0.2, 0.25) is 0 Å². The van der Waals surface area contributed by atoms with Gasteiger partial charge in [0.1, 0.15) is 5.75 Å². The van der Waals surface area contributed by atoms with Gasteiger partial charge >= 0.3 is 0 Å². The molecule has 94 valence electrons. The van der Waals surface area contributed by atoms with Gasteiger partial charge in [-0.25, -0.2) is 0 Å². The maximum atomic E-state index is 6.45. The van der Waals surface area contributed by atoms with Gasteiger partial charge in [-0.3, -0.25) is 0 Å². The fraction of sp³-hybridized carbons (Fsp3) is 0.571. The van der Waals surface area contributed by atoms with E-state index in [-0.39, 0.29) is 6.04 Å². The molecule has 0 bridgehead atoms. The molecular weight excluding hydrogens is 234 g/mol. The summed E-state index contributed by atoms with van der Waals surface area (Å²) < 4.78 is 5.46. The maximum Gasteiger partial charge on any atom is 0.140 e. The first kappa shape index (κ1) is 12.7. The van der Waals surface area contributed by atoms with Crippen molar-refractivity contribution in [1.82, 2.24) is 0 Å². The molecule has 0 heterocycles. The smallest absolute Gasteiger partial charge is 0.140 e. The van der Waals surface area contributed by atoms with Crippen LogP contribution in [-0.4, -0.2) is 13.2 Å². The number of rotatable bonds is 3. The molecule has 0 spiro atoms. The normalized spacial score (nSPS) is 16.5. The fourth-order valence-electron chi connectivity index (χ4n) is 2.61. The molecule has 2 N–H and O–H groups in total. The average molecular weight is 254 g/mol. The number of benzene rings is 1. The summed E-state index contributed by atoms with van der Waals surface area (Å²) in [6.07, 6.45) is 5.50. The van der Waals surface area contributed by atoms with Crippen molar-refractivity contribution in [2.75, 3.05) is 7.11 Å². The predicted octanol–water partition coefficient (Wildman–Crippen LogP) is 3.12. The van der Waals surface area contributed by atoms with E-state index < -0.39 is 0 Å². The van der Waals surface area contributed by atoms with Gasteiger partial charge in [0.05, 0.1) is 12.1 Å². The van der Waals surface area contributed by atoms with Crippen LogP contribution in [0.4, 0.5) is 0 Å². The third-order valence-corrected chi connectivity index (χ3v) is 3.76. The third kappa shape index (κ3) is 2.58. The number of methoxy groups -OCH3 is 1. The summed E-state index contributed by atoms with van der Waals surface area (Å²) in [4.78, 5) is 0. The summed E-state index contributed by atoms with van der Waals surface area (Å²) in [5.74, 6) is 0.824. The van der Waals surface area contributed by atoms with Gasteiger partial charge in [-0.15, -0.1) is 0 Å².